The number of hydrogen-bond acceptors (Lipinski definition) is 2. The van der Waals surface area contributed by atoms with E-state index in [0.717, 1.165) is 30.9 Å². The number of aryl methyl sites for hydroxylation is 2. The van der Waals surface area contributed by atoms with Crippen molar-refractivity contribution >= 4 is 0 Å². The lowest BCUT2D eigenvalue weighted by Crippen LogP contribution is -2.08. The Morgan fingerprint density at radius 2 is 2.00 bits per heavy atom. The Labute approximate surface area is 102 Å². The summed E-state index contributed by atoms with van der Waals surface area (Å²) in [6, 6.07) is 8.49. The summed E-state index contributed by atoms with van der Waals surface area (Å²) in [4.78, 5) is 7.77. The molecular formula is C14H19N3. The molecule has 2 aromatic rings. The van der Waals surface area contributed by atoms with E-state index < -0.39 is 0 Å². The van der Waals surface area contributed by atoms with E-state index in [2.05, 4.69) is 46.5 Å². The van der Waals surface area contributed by atoms with Crippen LogP contribution in [0.15, 0.2) is 30.5 Å². The number of imidazole rings is 1. The van der Waals surface area contributed by atoms with Crippen LogP contribution in [0.2, 0.25) is 0 Å². The van der Waals surface area contributed by atoms with Crippen molar-refractivity contribution < 1.29 is 0 Å². The van der Waals surface area contributed by atoms with Gasteiger partial charge in [-0.15, -0.1) is 0 Å². The fraction of sp³-hybridized carbons (Fsp3) is 0.357. The first-order chi connectivity index (χ1) is 8.29. The van der Waals surface area contributed by atoms with Crippen LogP contribution in [-0.2, 0) is 6.42 Å². The summed E-state index contributed by atoms with van der Waals surface area (Å²) in [5.74, 6) is 1.07. The topological polar surface area (TPSA) is 40.7 Å². The Balaban J connectivity index is 2.04. The number of rotatable bonds is 5. The van der Waals surface area contributed by atoms with Crippen molar-refractivity contribution in [2.75, 3.05) is 13.6 Å². The lowest BCUT2D eigenvalue weighted by Gasteiger charge is -1.99. The first kappa shape index (κ1) is 11.9. The van der Waals surface area contributed by atoms with Crippen LogP contribution >= 0.6 is 0 Å². The Morgan fingerprint density at radius 1 is 1.24 bits per heavy atom. The molecule has 90 valence electrons. The molecule has 0 atom stereocenters. The zero-order chi connectivity index (χ0) is 12.1. The van der Waals surface area contributed by atoms with Crippen LogP contribution in [0.1, 0.15) is 17.8 Å². The van der Waals surface area contributed by atoms with Gasteiger partial charge >= 0.3 is 0 Å². The van der Waals surface area contributed by atoms with E-state index in [9.17, 15) is 0 Å². The molecule has 1 aromatic heterocycles. The SMILES string of the molecule is CNCCCc1ncc(-c2ccc(C)cc2)[nH]1. The van der Waals surface area contributed by atoms with E-state index in [1.807, 2.05) is 13.2 Å². The van der Waals surface area contributed by atoms with Crippen LogP contribution in [0.25, 0.3) is 11.3 Å². The molecule has 0 spiro atoms. The van der Waals surface area contributed by atoms with Gasteiger partial charge in [0.05, 0.1) is 11.9 Å². The van der Waals surface area contributed by atoms with Gasteiger partial charge in [-0.2, -0.15) is 0 Å². The summed E-state index contributed by atoms with van der Waals surface area (Å²) in [5, 5.41) is 3.14. The van der Waals surface area contributed by atoms with Gasteiger partial charge in [0.2, 0.25) is 0 Å². The van der Waals surface area contributed by atoms with Gasteiger partial charge in [-0.3, -0.25) is 0 Å². The second-order valence-corrected chi connectivity index (χ2v) is 4.32. The monoisotopic (exact) mass is 229 g/mol. The molecule has 0 aliphatic carbocycles. The summed E-state index contributed by atoms with van der Waals surface area (Å²) >= 11 is 0. The van der Waals surface area contributed by atoms with Crippen molar-refractivity contribution in [2.24, 2.45) is 0 Å². The molecule has 0 radical (unpaired) electrons. The highest BCUT2D eigenvalue weighted by atomic mass is 14.9. The summed E-state index contributed by atoms with van der Waals surface area (Å²) < 4.78 is 0. The maximum atomic E-state index is 4.40. The zero-order valence-corrected chi connectivity index (χ0v) is 10.5. The number of nitrogens with one attached hydrogen (secondary N) is 2. The first-order valence-electron chi connectivity index (χ1n) is 6.05. The quantitative estimate of drug-likeness (QED) is 0.773. The van der Waals surface area contributed by atoms with E-state index in [1.54, 1.807) is 0 Å². The summed E-state index contributed by atoms with van der Waals surface area (Å²) in [6.07, 6.45) is 4.02. The fourth-order valence-electron chi connectivity index (χ4n) is 1.80. The Morgan fingerprint density at radius 3 is 2.71 bits per heavy atom. The number of nitrogens with zero attached hydrogens (tertiary/aromatic N) is 1. The van der Waals surface area contributed by atoms with E-state index in [0.29, 0.717) is 0 Å². The van der Waals surface area contributed by atoms with Gasteiger partial charge in [-0.1, -0.05) is 29.8 Å². The van der Waals surface area contributed by atoms with Gasteiger partial charge in [0.25, 0.3) is 0 Å². The first-order valence-corrected chi connectivity index (χ1v) is 6.05. The summed E-state index contributed by atoms with van der Waals surface area (Å²) in [6.45, 7) is 3.13. The molecule has 0 saturated carbocycles. The molecule has 0 saturated heterocycles. The van der Waals surface area contributed by atoms with Crippen LogP contribution in [0.5, 0.6) is 0 Å². The molecule has 2 N–H and O–H groups in total. The summed E-state index contributed by atoms with van der Waals surface area (Å²) in [7, 11) is 1.97. The van der Waals surface area contributed by atoms with Crippen LogP contribution in [0.4, 0.5) is 0 Å². The maximum Gasteiger partial charge on any atom is 0.106 e. The van der Waals surface area contributed by atoms with Crippen LogP contribution in [0, 0.1) is 6.92 Å². The second-order valence-electron chi connectivity index (χ2n) is 4.32. The molecular weight excluding hydrogens is 210 g/mol. The highest BCUT2D eigenvalue weighted by Gasteiger charge is 2.02. The van der Waals surface area contributed by atoms with Gasteiger partial charge in [-0.25, -0.2) is 4.98 Å². The number of H-pyrrole nitrogens is 1. The molecule has 3 nitrogen and oxygen atoms in total. The standard InChI is InChI=1S/C14H19N3/c1-11-5-7-12(8-6-11)13-10-16-14(17-13)4-3-9-15-2/h5-8,10,15H,3-4,9H2,1-2H3,(H,16,17). The molecule has 0 aliphatic rings. The van der Waals surface area contributed by atoms with Crippen molar-refractivity contribution in [3.8, 4) is 11.3 Å². The van der Waals surface area contributed by atoms with Crippen LogP contribution in [-0.4, -0.2) is 23.6 Å². The lowest BCUT2D eigenvalue weighted by atomic mass is 10.1. The predicted molar refractivity (Wildman–Crippen MR) is 71.0 cm³/mol. The van der Waals surface area contributed by atoms with Crippen LogP contribution in [0.3, 0.4) is 0 Å². The molecule has 1 aromatic carbocycles. The summed E-state index contributed by atoms with van der Waals surface area (Å²) in [5.41, 5.74) is 3.58. The van der Waals surface area contributed by atoms with Crippen molar-refractivity contribution in [1.82, 2.24) is 15.3 Å². The Hall–Kier alpha value is -1.61. The molecule has 0 unspecified atom stereocenters. The lowest BCUT2D eigenvalue weighted by molar-refractivity contribution is 0.707. The van der Waals surface area contributed by atoms with Crippen LogP contribution < -0.4 is 5.32 Å². The third-order valence-electron chi connectivity index (χ3n) is 2.83. The molecule has 3 heteroatoms. The molecule has 0 fully saturated rings. The van der Waals surface area contributed by atoms with Gasteiger partial charge in [0.15, 0.2) is 0 Å². The van der Waals surface area contributed by atoms with Gasteiger partial charge < -0.3 is 10.3 Å². The minimum absolute atomic E-state index is 0.993. The van der Waals surface area contributed by atoms with E-state index >= 15 is 0 Å². The average molecular weight is 229 g/mol. The number of benzene rings is 1. The molecule has 0 amide bonds. The minimum atomic E-state index is 0.993. The third-order valence-corrected chi connectivity index (χ3v) is 2.83. The highest BCUT2D eigenvalue weighted by Crippen LogP contribution is 2.17. The molecule has 1 heterocycles. The average Bonchev–Trinajstić information content (AvgIpc) is 2.79. The van der Waals surface area contributed by atoms with Gasteiger partial charge in [-0.05, 0) is 32.5 Å². The minimum Gasteiger partial charge on any atom is -0.342 e. The molecule has 17 heavy (non-hydrogen) atoms. The van der Waals surface area contributed by atoms with Gasteiger partial charge in [0.1, 0.15) is 5.82 Å². The highest BCUT2D eigenvalue weighted by molar-refractivity contribution is 5.58. The number of hydrogen-bond donors (Lipinski definition) is 2. The normalized spacial score (nSPS) is 10.7. The van der Waals surface area contributed by atoms with Crippen molar-refractivity contribution in [1.29, 1.82) is 0 Å². The van der Waals surface area contributed by atoms with E-state index in [1.165, 1.54) is 11.1 Å². The van der Waals surface area contributed by atoms with Crippen molar-refractivity contribution in [3.05, 3.63) is 41.9 Å². The molecule has 2 rings (SSSR count). The fourth-order valence-corrected chi connectivity index (χ4v) is 1.80. The van der Waals surface area contributed by atoms with E-state index in [4.69, 9.17) is 0 Å². The van der Waals surface area contributed by atoms with Crippen molar-refractivity contribution in [2.45, 2.75) is 19.8 Å². The number of aromatic nitrogens is 2. The smallest absolute Gasteiger partial charge is 0.106 e. The third kappa shape index (κ3) is 3.17. The molecule has 0 aliphatic heterocycles. The second kappa shape index (κ2) is 5.64. The Bertz CT molecular complexity index is 457. The van der Waals surface area contributed by atoms with Gasteiger partial charge in [0, 0.05) is 6.42 Å². The van der Waals surface area contributed by atoms with E-state index in [-0.39, 0.29) is 0 Å². The predicted octanol–water partition coefficient (Wildman–Crippen LogP) is 2.54. The largest absolute Gasteiger partial charge is 0.342 e. The zero-order valence-electron chi connectivity index (χ0n) is 10.5. The molecule has 0 bridgehead atoms. The maximum absolute atomic E-state index is 4.40. The number of aromatic amines is 1. The Kier molecular flexibility index (Phi) is 3.94. The van der Waals surface area contributed by atoms with Crippen molar-refractivity contribution in [3.63, 3.8) is 0 Å².